The van der Waals surface area contributed by atoms with Gasteiger partial charge in [-0.25, -0.2) is 4.79 Å². The molecule has 0 aromatic heterocycles. The van der Waals surface area contributed by atoms with Crippen molar-refractivity contribution < 1.29 is 19.9 Å². The smallest absolute Gasteiger partial charge is 0.337 e. The van der Waals surface area contributed by atoms with Crippen LogP contribution in [0.2, 0.25) is 0 Å². The molecule has 1 rings (SSSR count). The Hall–Kier alpha value is -2.66. The van der Waals surface area contributed by atoms with Crippen molar-refractivity contribution in [2.45, 2.75) is 12.5 Å². The molecule has 8 nitrogen and oxygen atoms in total. The number of hydrogen-bond donors (Lipinski definition) is 3. The van der Waals surface area contributed by atoms with Crippen molar-refractivity contribution in [2.24, 2.45) is 0 Å². The molecule has 0 bridgehead atoms. The van der Waals surface area contributed by atoms with E-state index in [1.165, 1.54) is 18.2 Å². The molecule has 0 heterocycles. The topological polar surface area (TPSA) is 136 Å². The number of para-hydroxylation sites is 1. The van der Waals surface area contributed by atoms with E-state index in [1.54, 1.807) is 6.07 Å². The fourth-order valence-electron chi connectivity index (χ4n) is 1.32. The van der Waals surface area contributed by atoms with Crippen LogP contribution in [0.1, 0.15) is 12.5 Å². The Morgan fingerprint density at radius 2 is 2.26 bits per heavy atom. The maximum absolute atomic E-state index is 10.9. The fraction of sp³-hybridized carbons (Fsp3) is 0.273. The molecule has 0 amide bonds. The molecule has 0 fully saturated rings. The molecule has 0 saturated heterocycles. The van der Waals surface area contributed by atoms with Gasteiger partial charge in [0.15, 0.2) is 5.60 Å². The number of nitrogens with one attached hydrogen (secondary N) is 1. The zero-order valence-corrected chi connectivity index (χ0v) is 9.95. The van der Waals surface area contributed by atoms with Crippen LogP contribution in [0.15, 0.2) is 18.2 Å². The van der Waals surface area contributed by atoms with E-state index in [9.17, 15) is 20.0 Å². The number of hydrogen-bond acceptors (Lipinski definition) is 6. The Bertz CT molecular complexity index is 562. The second-order valence-corrected chi connectivity index (χ2v) is 4.00. The summed E-state index contributed by atoms with van der Waals surface area (Å²) in [5.74, 6) is -1.46. The predicted octanol–water partition coefficient (Wildman–Crippen LogP) is 0.714. The fourth-order valence-corrected chi connectivity index (χ4v) is 1.32. The molecule has 3 N–H and O–H groups in total. The second-order valence-electron chi connectivity index (χ2n) is 4.00. The van der Waals surface area contributed by atoms with Crippen LogP contribution < -0.4 is 5.32 Å². The molecule has 100 valence electrons. The van der Waals surface area contributed by atoms with E-state index >= 15 is 0 Å². The molecule has 0 aliphatic heterocycles. The molecule has 1 aromatic carbocycles. The summed E-state index contributed by atoms with van der Waals surface area (Å²) < 4.78 is 0. The zero-order valence-electron chi connectivity index (χ0n) is 9.95. The van der Waals surface area contributed by atoms with E-state index in [4.69, 9.17) is 10.4 Å². The highest BCUT2D eigenvalue weighted by Crippen LogP contribution is 2.28. The first kappa shape index (κ1) is 14.4. The molecule has 1 unspecified atom stereocenters. The Labute approximate surface area is 108 Å². The third kappa shape index (κ3) is 3.17. The van der Waals surface area contributed by atoms with Gasteiger partial charge in [-0.3, -0.25) is 10.1 Å². The quantitative estimate of drug-likeness (QED) is 0.526. The molecule has 19 heavy (non-hydrogen) atoms. The first-order valence-corrected chi connectivity index (χ1v) is 5.16. The van der Waals surface area contributed by atoms with E-state index in [2.05, 4.69) is 5.32 Å². The third-order valence-corrected chi connectivity index (χ3v) is 2.42. The number of anilines is 1. The number of nitro groups is 1. The third-order valence-electron chi connectivity index (χ3n) is 2.42. The van der Waals surface area contributed by atoms with Gasteiger partial charge in [0.2, 0.25) is 0 Å². The highest BCUT2D eigenvalue weighted by atomic mass is 16.6. The maximum Gasteiger partial charge on any atom is 0.337 e. The van der Waals surface area contributed by atoms with Crippen LogP contribution in [0.4, 0.5) is 11.4 Å². The molecule has 0 saturated carbocycles. The molecule has 1 atom stereocenters. The molecule has 0 radical (unpaired) electrons. The first-order valence-electron chi connectivity index (χ1n) is 5.16. The lowest BCUT2D eigenvalue weighted by Crippen LogP contribution is -2.41. The monoisotopic (exact) mass is 265 g/mol. The number of aliphatic carboxylic acids is 1. The van der Waals surface area contributed by atoms with Crippen molar-refractivity contribution in [3.8, 4) is 6.07 Å². The van der Waals surface area contributed by atoms with Crippen molar-refractivity contribution in [3.63, 3.8) is 0 Å². The number of nitrogens with zero attached hydrogens (tertiary/aromatic N) is 2. The predicted molar refractivity (Wildman–Crippen MR) is 64.6 cm³/mol. The molecule has 1 aromatic rings. The Morgan fingerprint density at radius 1 is 1.63 bits per heavy atom. The lowest BCUT2D eigenvalue weighted by molar-refractivity contribution is -0.384. The first-order chi connectivity index (χ1) is 8.79. The van der Waals surface area contributed by atoms with Gasteiger partial charge in [-0.1, -0.05) is 6.07 Å². The number of nitriles is 1. The largest absolute Gasteiger partial charge is 0.479 e. The van der Waals surface area contributed by atoms with Crippen LogP contribution in [0.5, 0.6) is 0 Å². The summed E-state index contributed by atoms with van der Waals surface area (Å²) in [6.45, 7) is 0.625. The number of carboxylic acids is 1. The average molecular weight is 265 g/mol. The zero-order chi connectivity index (χ0) is 14.6. The minimum atomic E-state index is -2.07. The van der Waals surface area contributed by atoms with Gasteiger partial charge < -0.3 is 15.5 Å². The molecule has 0 aliphatic rings. The highest BCUT2D eigenvalue weighted by molar-refractivity contribution is 5.78. The summed E-state index contributed by atoms with van der Waals surface area (Å²) in [5.41, 5.74) is -2.70. The van der Waals surface area contributed by atoms with Crippen LogP contribution >= 0.6 is 0 Å². The number of rotatable bonds is 5. The molecular formula is C11H11N3O5. The molecular weight excluding hydrogens is 254 g/mol. The van der Waals surface area contributed by atoms with Gasteiger partial charge in [-0.05, 0) is 19.1 Å². The van der Waals surface area contributed by atoms with Gasteiger partial charge >= 0.3 is 11.7 Å². The SMILES string of the molecule is CC(O)(CNc1cccc(C#N)c1[N+](=O)[O-])C(=O)O. The summed E-state index contributed by atoms with van der Waals surface area (Å²) in [4.78, 5) is 20.9. The summed E-state index contributed by atoms with van der Waals surface area (Å²) in [6.07, 6.45) is 0. The number of carboxylic acid groups (broad SMARTS) is 1. The minimum absolute atomic E-state index is 0.0226. The number of benzene rings is 1. The molecule has 0 aliphatic carbocycles. The van der Waals surface area contributed by atoms with Crippen LogP contribution in [0.3, 0.4) is 0 Å². The number of carbonyl (C=O) groups is 1. The second kappa shape index (κ2) is 5.32. The number of nitro benzene ring substituents is 1. The van der Waals surface area contributed by atoms with Crippen molar-refractivity contribution in [3.05, 3.63) is 33.9 Å². The van der Waals surface area contributed by atoms with E-state index < -0.39 is 28.7 Å². The van der Waals surface area contributed by atoms with E-state index in [-0.39, 0.29) is 11.3 Å². The maximum atomic E-state index is 10.9. The van der Waals surface area contributed by atoms with Gasteiger partial charge in [0, 0.05) is 0 Å². The van der Waals surface area contributed by atoms with E-state index in [0.29, 0.717) is 0 Å². The highest BCUT2D eigenvalue weighted by Gasteiger charge is 2.30. The van der Waals surface area contributed by atoms with Gasteiger partial charge in [0.1, 0.15) is 17.3 Å². The van der Waals surface area contributed by atoms with Gasteiger partial charge in [-0.15, -0.1) is 0 Å². The van der Waals surface area contributed by atoms with E-state index in [0.717, 1.165) is 6.92 Å². The van der Waals surface area contributed by atoms with Crippen molar-refractivity contribution in [1.82, 2.24) is 0 Å². The van der Waals surface area contributed by atoms with Crippen molar-refractivity contribution >= 4 is 17.3 Å². The van der Waals surface area contributed by atoms with Crippen LogP contribution in [0, 0.1) is 21.4 Å². The van der Waals surface area contributed by atoms with Crippen molar-refractivity contribution in [1.29, 1.82) is 5.26 Å². The molecule has 0 spiro atoms. The Kier molecular flexibility index (Phi) is 4.04. The van der Waals surface area contributed by atoms with E-state index in [1.807, 2.05) is 0 Å². The minimum Gasteiger partial charge on any atom is -0.479 e. The standard InChI is InChI=1S/C11H11N3O5/c1-11(17,10(15)16)6-13-8-4-2-3-7(5-12)9(8)14(18)19/h2-4,13,17H,6H2,1H3,(H,15,16). The van der Waals surface area contributed by atoms with Gasteiger partial charge in [0.25, 0.3) is 0 Å². The Balaban J connectivity index is 3.06. The summed E-state index contributed by atoms with van der Waals surface area (Å²) in [6, 6.07) is 5.70. The number of aliphatic hydroxyl groups is 1. The van der Waals surface area contributed by atoms with Crippen LogP contribution in [-0.2, 0) is 4.79 Å². The summed E-state index contributed by atoms with van der Waals surface area (Å²) in [7, 11) is 0. The molecule has 8 heteroatoms. The van der Waals surface area contributed by atoms with Gasteiger partial charge in [-0.2, -0.15) is 5.26 Å². The Morgan fingerprint density at radius 3 is 2.74 bits per heavy atom. The van der Waals surface area contributed by atoms with Crippen LogP contribution in [-0.4, -0.2) is 33.3 Å². The van der Waals surface area contributed by atoms with Crippen molar-refractivity contribution in [2.75, 3.05) is 11.9 Å². The van der Waals surface area contributed by atoms with Gasteiger partial charge in [0.05, 0.1) is 11.5 Å². The van der Waals surface area contributed by atoms with Crippen LogP contribution in [0.25, 0.3) is 0 Å². The lowest BCUT2D eigenvalue weighted by atomic mass is 10.1. The lowest BCUT2D eigenvalue weighted by Gasteiger charge is -2.19. The summed E-state index contributed by atoms with van der Waals surface area (Å²) in [5, 5.41) is 40.4. The average Bonchev–Trinajstić information content (AvgIpc) is 2.35. The summed E-state index contributed by atoms with van der Waals surface area (Å²) >= 11 is 0. The normalized spacial score (nSPS) is 13.1.